The lowest BCUT2D eigenvalue weighted by atomic mass is 9.86. The molecular weight excluding hydrogens is 170 g/mol. The summed E-state index contributed by atoms with van der Waals surface area (Å²) >= 11 is 0. The molecule has 14 heavy (non-hydrogen) atoms. The Balaban J connectivity index is 2.06. The van der Waals surface area contributed by atoms with Crippen LogP contribution >= 0.6 is 0 Å². The van der Waals surface area contributed by atoms with Gasteiger partial charge in [-0.2, -0.15) is 0 Å². The van der Waals surface area contributed by atoms with Gasteiger partial charge in [0.2, 0.25) is 0 Å². The molecule has 1 saturated heterocycles. The summed E-state index contributed by atoms with van der Waals surface area (Å²) in [4.78, 5) is 0. The minimum Gasteiger partial charge on any atom is -0.310 e. The molecule has 1 aliphatic carbocycles. The van der Waals surface area contributed by atoms with Crippen molar-refractivity contribution >= 4 is 0 Å². The molecule has 0 spiro atoms. The Morgan fingerprint density at radius 2 is 2.00 bits per heavy atom. The molecule has 0 saturated carbocycles. The quantitative estimate of drug-likeness (QED) is 0.658. The van der Waals surface area contributed by atoms with Gasteiger partial charge in [0, 0.05) is 6.04 Å². The Morgan fingerprint density at radius 3 is 2.86 bits per heavy atom. The van der Waals surface area contributed by atoms with Gasteiger partial charge in [-0.15, -0.1) is 0 Å². The average Bonchev–Trinajstić information content (AvgIpc) is 2.55. The summed E-state index contributed by atoms with van der Waals surface area (Å²) in [6.07, 6.45) is 2.74. The highest BCUT2D eigenvalue weighted by molar-refractivity contribution is 5.39. The zero-order valence-electron chi connectivity index (χ0n) is 8.66. The van der Waals surface area contributed by atoms with E-state index in [1.165, 1.54) is 19.4 Å². The van der Waals surface area contributed by atoms with Crippen molar-refractivity contribution in [3.63, 3.8) is 0 Å². The highest BCUT2D eigenvalue weighted by Gasteiger charge is 2.38. The van der Waals surface area contributed by atoms with E-state index >= 15 is 0 Å². The SMILES string of the molecule is CC1c2ccccc2C2NCCCC12. The Kier molecular flexibility index (Phi) is 1.88. The van der Waals surface area contributed by atoms with Gasteiger partial charge in [-0.1, -0.05) is 31.2 Å². The molecule has 0 amide bonds. The van der Waals surface area contributed by atoms with Gasteiger partial charge in [-0.05, 0) is 42.3 Å². The van der Waals surface area contributed by atoms with E-state index in [4.69, 9.17) is 0 Å². The van der Waals surface area contributed by atoms with Crippen LogP contribution in [0.3, 0.4) is 0 Å². The van der Waals surface area contributed by atoms with Crippen LogP contribution in [0.15, 0.2) is 24.3 Å². The van der Waals surface area contributed by atoms with E-state index in [-0.39, 0.29) is 0 Å². The zero-order valence-corrected chi connectivity index (χ0v) is 8.66. The maximum atomic E-state index is 3.67. The molecule has 3 atom stereocenters. The first-order valence-electron chi connectivity index (χ1n) is 5.70. The summed E-state index contributed by atoms with van der Waals surface area (Å²) in [5, 5.41) is 3.67. The highest BCUT2D eigenvalue weighted by Crippen LogP contribution is 2.48. The summed E-state index contributed by atoms with van der Waals surface area (Å²) in [6.45, 7) is 3.58. The Labute approximate surface area is 85.5 Å². The van der Waals surface area contributed by atoms with Crippen LogP contribution in [0, 0.1) is 5.92 Å². The van der Waals surface area contributed by atoms with Crippen LogP contribution in [-0.4, -0.2) is 6.54 Å². The maximum absolute atomic E-state index is 3.67. The lowest BCUT2D eigenvalue weighted by Crippen LogP contribution is -2.32. The molecule has 1 aromatic carbocycles. The summed E-state index contributed by atoms with van der Waals surface area (Å²) in [5.41, 5.74) is 3.14. The lowest BCUT2D eigenvalue weighted by molar-refractivity contribution is 0.278. The number of nitrogens with one attached hydrogen (secondary N) is 1. The van der Waals surface area contributed by atoms with Crippen LogP contribution in [-0.2, 0) is 0 Å². The van der Waals surface area contributed by atoms with Gasteiger partial charge in [0.15, 0.2) is 0 Å². The summed E-state index contributed by atoms with van der Waals surface area (Å²) < 4.78 is 0. The van der Waals surface area contributed by atoms with Crippen LogP contribution in [0.2, 0.25) is 0 Å². The number of hydrogen-bond acceptors (Lipinski definition) is 1. The van der Waals surface area contributed by atoms with Gasteiger partial charge < -0.3 is 5.32 Å². The van der Waals surface area contributed by atoms with E-state index in [2.05, 4.69) is 36.5 Å². The molecular formula is C13H17N. The van der Waals surface area contributed by atoms with Crippen LogP contribution in [0.25, 0.3) is 0 Å². The smallest absolute Gasteiger partial charge is 0.0357 e. The number of benzene rings is 1. The molecule has 1 heterocycles. The van der Waals surface area contributed by atoms with E-state index < -0.39 is 0 Å². The molecule has 3 rings (SSSR count). The third-order valence-corrected chi connectivity index (χ3v) is 3.97. The fraction of sp³-hybridized carbons (Fsp3) is 0.538. The minimum absolute atomic E-state index is 0.648. The summed E-state index contributed by atoms with van der Waals surface area (Å²) in [6, 6.07) is 9.60. The normalized spacial score (nSPS) is 35.1. The molecule has 2 aliphatic rings. The largest absolute Gasteiger partial charge is 0.310 e. The molecule has 0 radical (unpaired) electrons. The fourth-order valence-electron chi connectivity index (χ4n) is 3.23. The predicted molar refractivity (Wildman–Crippen MR) is 58.3 cm³/mol. The van der Waals surface area contributed by atoms with E-state index in [0.29, 0.717) is 6.04 Å². The van der Waals surface area contributed by atoms with Crippen molar-refractivity contribution in [2.75, 3.05) is 6.54 Å². The third-order valence-electron chi connectivity index (χ3n) is 3.97. The second kappa shape index (κ2) is 3.09. The van der Waals surface area contributed by atoms with Gasteiger partial charge in [-0.3, -0.25) is 0 Å². The fourth-order valence-corrected chi connectivity index (χ4v) is 3.23. The molecule has 0 bridgehead atoms. The van der Waals surface area contributed by atoms with Gasteiger partial charge >= 0.3 is 0 Å². The number of piperidine rings is 1. The van der Waals surface area contributed by atoms with Gasteiger partial charge in [0.05, 0.1) is 0 Å². The van der Waals surface area contributed by atoms with Crippen LogP contribution in [0.1, 0.15) is 42.9 Å². The van der Waals surface area contributed by atoms with Crippen molar-refractivity contribution in [3.8, 4) is 0 Å². The monoisotopic (exact) mass is 187 g/mol. The topological polar surface area (TPSA) is 12.0 Å². The number of fused-ring (bicyclic) bond motifs is 3. The highest BCUT2D eigenvalue weighted by atomic mass is 14.9. The van der Waals surface area contributed by atoms with Crippen molar-refractivity contribution in [2.24, 2.45) is 5.92 Å². The van der Waals surface area contributed by atoms with Gasteiger partial charge in [-0.25, -0.2) is 0 Å². The minimum atomic E-state index is 0.648. The van der Waals surface area contributed by atoms with E-state index in [1.54, 1.807) is 11.1 Å². The lowest BCUT2D eigenvalue weighted by Gasteiger charge is -2.29. The Bertz CT molecular complexity index is 345. The molecule has 0 aromatic heterocycles. The summed E-state index contributed by atoms with van der Waals surface area (Å²) in [5.74, 6) is 1.60. The molecule has 1 aromatic rings. The van der Waals surface area contributed by atoms with Crippen molar-refractivity contribution < 1.29 is 0 Å². The van der Waals surface area contributed by atoms with Crippen LogP contribution in [0.5, 0.6) is 0 Å². The number of rotatable bonds is 0. The molecule has 1 heteroatoms. The first kappa shape index (κ1) is 8.49. The van der Waals surface area contributed by atoms with Crippen molar-refractivity contribution in [2.45, 2.75) is 31.7 Å². The predicted octanol–water partition coefficient (Wildman–Crippen LogP) is 2.84. The van der Waals surface area contributed by atoms with Gasteiger partial charge in [0.25, 0.3) is 0 Å². The average molecular weight is 187 g/mol. The second-order valence-corrected chi connectivity index (χ2v) is 4.66. The molecule has 3 unspecified atom stereocenters. The number of hydrogen-bond donors (Lipinski definition) is 1. The molecule has 1 aliphatic heterocycles. The molecule has 1 nitrogen and oxygen atoms in total. The van der Waals surface area contributed by atoms with Crippen molar-refractivity contribution in [1.82, 2.24) is 5.32 Å². The molecule has 1 N–H and O–H groups in total. The van der Waals surface area contributed by atoms with Crippen molar-refractivity contribution in [1.29, 1.82) is 0 Å². The Morgan fingerprint density at radius 1 is 1.21 bits per heavy atom. The van der Waals surface area contributed by atoms with E-state index in [9.17, 15) is 0 Å². The molecule has 1 fully saturated rings. The maximum Gasteiger partial charge on any atom is 0.0357 e. The first-order chi connectivity index (χ1) is 6.88. The standard InChI is InChI=1S/C13H17N/c1-9-10-5-2-3-6-12(10)13-11(9)7-4-8-14-13/h2-3,5-6,9,11,13-14H,4,7-8H2,1H3. The second-order valence-electron chi connectivity index (χ2n) is 4.66. The van der Waals surface area contributed by atoms with E-state index in [0.717, 1.165) is 11.8 Å². The third kappa shape index (κ3) is 1.05. The van der Waals surface area contributed by atoms with Crippen molar-refractivity contribution in [3.05, 3.63) is 35.4 Å². The molecule has 74 valence electrons. The first-order valence-corrected chi connectivity index (χ1v) is 5.70. The van der Waals surface area contributed by atoms with Crippen LogP contribution in [0.4, 0.5) is 0 Å². The summed E-state index contributed by atoms with van der Waals surface area (Å²) in [7, 11) is 0. The van der Waals surface area contributed by atoms with Gasteiger partial charge in [0.1, 0.15) is 0 Å². The Hall–Kier alpha value is -0.820. The van der Waals surface area contributed by atoms with E-state index in [1.807, 2.05) is 0 Å². The zero-order chi connectivity index (χ0) is 9.54. The van der Waals surface area contributed by atoms with Crippen LogP contribution < -0.4 is 5.32 Å².